The van der Waals surface area contributed by atoms with Crippen molar-refractivity contribution in [1.82, 2.24) is 9.97 Å². The summed E-state index contributed by atoms with van der Waals surface area (Å²) in [4.78, 5) is 37.5. The number of hydrogen-bond donors (Lipinski definition) is 1. The molecule has 0 aliphatic rings. The van der Waals surface area contributed by atoms with Gasteiger partial charge in [0.1, 0.15) is 21.2 Å². The summed E-state index contributed by atoms with van der Waals surface area (Å²) in [6.07, 6.45) is 1.54. The lowest BCUT2D eigenvalue weighted by atomic mass is 10.1. The number of carbonyl (C=O) groups is 2. The van der Waals surface area contributed by atoms with E-state index in [-0.39, 0.29) is 12.5 Å². The highest BCUT2D eigenvalue weighted by Crippen LogP contribution is 2.38. The Morgan fingerprint density at radius 3 is 2.64 bits per heavy atom. The number of fused-ring (bicyclic) bond motifs is 1. The van der Waals surface area contributed by atoms with Crippen molar-refractivity contribution in [3.8, 4) is 10.4 Å². The molecule has 0 fully saturated rings. The monoisotopic (exact) mass is 497 g/mol. The highest BCUT2D eigenvalue weighted by molar-refractivity contribution is 8.00. The van der Waals surface area contributed by atoms with Crippen LogP contribution in [0.1, 0.15) is 34.6 Å². The molecule has 1 atom stereocenters. The van der Waals surface area contributed by atoms with E-state index in [2.05, 4.69) is 29.1 Å². The van der Waals surface area contributed by atoms with Gasteiger partial charge in [0.15, 0.2) is 0 Å². The SMILES string of the molecule is CCOC(=O)c1cc(-c2ccccc2)sc1NC(=O)C(C)Sc1ncnc2sc(C)c(C)c12. The Bertz CT molecular complexity index is 1310. The fourth-order valence-corrected chi connectivity index (χ4v) is 6.36. The van der Waals surface area contributed by atoms with Gasteiger partial charge in [-0.05, 0) is 44.9 Å². The molecule has 170 valence electrons. The molecule has 4 rings (SSSR count). The van der Waals surface area contributed by atoms with Gasteiger partial charge < -0.3 is 10.1 Å². The summed E-state index contributed by atoms with van der Waals surface area (Å²) in [7, 11) is 0. The Morgan fingerprint density at radius 1 is 1.15 bits per heavy atom. The molecule has 1 aromatic carbocycles. The summed E-state index contributed by atoms with van der Waals surface area (Å²) < 4.78 is 5.21. The number of amides is 1. The molecule has 6 nitrogen and oxygen atoms in total. The van der Waals surface area contributed by atoms with Crippen molar-refractivity contribution >= 4 is 61.5 Å². The number of carbonyl (C=O) groups excluding carboxylic acids is 2. The Balaban J connectivity index is 1.59. The van der Waals surface area contributed by atoms with Crippen LogP contribution in [0, 0.1) is 13.8 Å². The lowest BCUT2D eigenvalue weighted by molar-refractivity contribution is -0.115. The van der Waals surface area contributed by atoms with Crippen LogP contribution in [0.4, 0.5) is 5.00 Å². The van der Waals surface area contributed by atoms with E-state index in [0.29, 0.717) is 10.6 Å². The van der Waals surface area contributed by atoms with E-state index in [1.54, 1.807) is 24.3 Å². The number of hydrogen-bond acceptors (Lipinski definition) is 8. The molecule has 0 aliphatic heterocycles. The molecule has 3 aromatic heterocycles. The van der Waals surface area contributed by atoms with Crippen molar-refractivity contribution in [2.24, 2.45) is 0 Å². The molecule has 33 heavy (non-hydrogen) atoms. The maximum atomic E-state index is 13.1. The average Bonchev–Trinajstić information content (AvgIpc) is 3.36. The molecule has 1 unspecified atom stereocenters. The molecular weight excluding hydrogens is 474 g/mol. The van der Waals surface area contributed by atoms with Gasteiger partial charge in [0.25, 0.3) is 0 Å². The quantitative estimate of drug-likeness (QED) is 0.182. The second kappa shape index (κ2) is 10.0. The van der Waals surface area contributed by atoms with E-state index in [0.717, 1.165) is 31.2 Å². The molecule has 4 aromatic rings. The van der Waals surface area contributed by atoms with E-state index in [1.165, 1.54) is 34.3 Å². The highest BCUT2D eigenvalue weighted by Gasteiger charge is 2.24. The number of esters is 1. The van der Waals surface area contributed by atoms with E-state index in [1.807, 2.05) is 37.3 Å². The molecule has 0 radical (unpaired) electrons. The molecule has 0 saturated carbocycles. The van der Waals surface area contributed by atoms with E-state index < -0.39 is 11.2 Å². The third-order valence-electron chi connectivity index (χ3n) is 5.11. The van der Waals surface area contributed by atoms with Crippen LogP contribution in [0.3, 0.4) is 0 Å². The zero-order valence-corrected chi connectivity index (χ0v) is 21.1. The topological polar surface area (TPSA) is 81.2 Å². The number of nitrogens with one attached hydrogen (secondary N) is 1. The standard InChI is InChI=1S/C24H23N3O3S3/c1-5-30-24(29)17-11-18(16-9-7-6-8-10-16)33-21(17)27-20(28)15(4)32-23-19-13(2)14(3)31-22(19)25-12-26-23/h6-12,15H,5H2,1-4H3,(H,27,28). The number of nitrogens with zero attached hydrogens (tertiary/aromatic N) is 2. The number of aromatic nitrogens is 2. The summed E-state index contributed by atoms with van der Waals surface area (Å²) in [5.41, 5.74) is 2.48. The van der Waals surface area contributed by atoms with Crippen molar-refractivity contribution in [1.29, 1.82) is 0 Å². The Hall–Kier alpha value is -2.75. The van der Waals surface area contributed by atoms with Gasteiger partial charge >= 0.3 is 5.97 Å². The molecule has 3 heterocycles. The first kappa shape index (κ1) is 23.4. The number of aryl methyl sites for hydroxylation is 2. The maximum absolute atomic E-state index is 13.1. The molecule has 1 amide bonds. The molecule has 0 bridgehead atoms. The fraction of sp³-hybridized carbons (Fsp3) is 0.250. The first-order chi connectivity index (χ1) is 15.9. The number of ether oxygens (including phenoxy) is 1. The van der Waals surface area contributed by atoms with E-state index in [9.17, 15) is 9.59 Å². The molecule has 1 N–H and O–H groups in total. The largest absolute Gasteiger partial charge is 0.462 e. The van der Waals surface area contributed by atoms with Crippen molar-refractivity contribution in [2.45, 2.75) is 38.0 Å². The summed E-state index contributed by atoms with van der Waals surface area (Å²) in [5, 5.41) is 4.78. The third kappa shape index (κ3) is 4.95. The Labute approximate surface area is 204 Å². The van der Waals surface area contributed by atoms with Gasteiger partial charge in [-0.3, -0.25) is 4.79 Å². The molecule has 0 spiro atoms. The van der Waals surface area contributed by atoms with Gasteiger partial charge in [-0.25, -0.2) is 14.8 Å². The number of anilines is 1. The van der Waals surface area contributed by atoms with Crippen LogP contribution < -0.4 is 5.32 Å². The molecule has 0 saturated heterocycles. The highest BCUT2D eigenvalue weighted by atomic mass is 32.2. The summed E-state index contributed by atoms with van der Waals surface area (Å²) in [5.74, 6) is -0.656. The summed E-state index contributed by atoms with van der Waals surface area (Å²) >= 11 is 4.38. The van der Waals surface area contributed by atoms with Crippen LogP contribution in [-0.2, 0) is 9.53 Å². The van der Waals surface area contributed by atoms with Crippen LogP contribution in [0.25, 0.3) is 20.7 Å². The summed E-state index contributed by atoms with van der Waals surface area (Å²) in [6, 6.07) is 11.5. The van der Waals surface area contributed by atoms with Crippen LogP contribution in [0.15, 0.2) is 47.8 Å². The molecule has 0 aliphatic carbocycles. The van der Waals surface area contributed by atoms with Crippen molar-refractivity contribution in [2.75, 3.05) is 11.9 Å². The smallest absolute Gasteiger partial charge is 0.341 e. The van der Waals surface area contributed by atoms with Gasteiger partial charge in [0, 0.05) is 15.1 Å². The zero-order valence-electron chi connectivity index (χ0n) is 18.7. The maximum Gasteiger partial charge on any atom is 0.341 e. The minimum absolute atomic E-state index is 0.205. The van der Waals surface area contributed by atoms with Crippen molar-refractivity contribution in [3.05, 3.63) is 58.7 Å². The molecular formula is C24H23N3O3S3. The predicted molar refractivity (Wildman–Crippen MR) is 137 cm³/mol. The van der Waals surface area contributed by atoms with E-state index >= 15 is 0 Å². The first-order valence-corrected chi connectivity index (χ1v) is 12.9. The lowest BCUT2D eigenvalue weighted by Crippen LogP contribution is -2.23. The summed E-state index contributed by atoms with van der Waals surface area (Å²) in [6.45, 7) is 7.96. The van der Waals surface area contributed by atoms with Gasteiger partial charge in [0.05, 0.1) is 17.4 Å². The number of thiophene rings is 2. The van der Waals surface area contributed by atoms with Gasteiger partial charge in [0.2, 0.25) is 5.91 Å². The average molecular weight is 498 g/mol. The van der Waals surface area contributed by atoms with Gasteiger partial charge in [-0.15, -0.1) is 22.7 Å². The normalized spacial score (nSPS) is 12.0. The van der Waals surface area contributed by atoms with Crippen molar-refractivity contribution in [3.63, 3.8) is 0 Å². The number of rotatable bonds is 7. The van der Waals surface area contributed by atoms with E-state index in [4.69, 9.17) is 4.74 Å². The number of benzene rings is 1. The first-order valence-electron chi connectivity index (χ1n) is 10.4. The lowest BCUT2D eigenvalue weighted by Gasteiger charge is -2.12. The fourth-order valence-electron chi connectivity index (χ4n) is 3.26. The second-order valence-corrected chi connectivity index (χ2v) is 10.9. The minimum atomic E-state index is -0.451. The Morgan fingerprint density at radius 2 is 1.91 bits per heavy atom. The Kier molecular flexibility index (Phi) is 7.11. The third-order valence-corrected chi connectivity index (χ3v) is 8.43. The predicted octanol–water partition coefficient (Wildman–Crippen LogP) is 6.33. The van der Waals surface area contributed by atoms with Crippen molar-refractivity contribution < 1.29 is 14.3 Å². The van der Waals surface area contributed by atoms with Crippen LogP contribution >= 0.6 is 34.4 Å². The van der Waals surface area contributed by atoms with Crippen LogP contribution in [0.2, 0.25) is 0 Å². The van der Waals surface area contributed by atoms with Gasteiger partial charge in [-0.1, -0.05) is 42.1 Å². The number of thioether (sulfide) groups is 1. The van der Waals surface area contributed by atoms with Gasteiger partial charge in [-0.2, -0.15) is 0 Å². The molecule has 9 heteroatoms. The second-order valence-electron chi connectivity index (χ2n) is 7.33. The zero-order chi connectivity index (χ0) is 23.5. The van der Waals surface area contributed by atoms with Crippen LogP contribution in [-0.4, -0.2) is 33.7 Å². The van der Waals surface area contributed by atoms with Crippen LogP contribution in [0.5, 0.6) is 0 Å². The minimum Gasteiger partial charge on any atom is -0.462 e.